The molecule has 2 aromatic carbocycles. The Bertz CT molecular complexity index is 1640. The quantitative estimate of drug-likeness (QED) is 0.0395. The predicted octanol–water partition coefficient (Wildman–Crippen LogP) is 2.22. The molecule has 0 radical (unpaired) electrons. The molecule has 15 nitrogen and oxygen atoms in total. The minimum absolute atomic E-state index is 0.00258. The van der Waals surface area contributed by atoms with Crippen molar-refractivity contribution in [3.05, 3.63) is 71.3 Å². The molecule has 0 spiro atoms. The minimum atomic E-state index is -3.94. The van der Waals surface area contributed by atoms with Crippen molar-refractivity contribution in [2.24, 2.45) is 23.3 Å². The van der Waals surface area contributed by atoms with Crippen LogP contribution in [0.25, 0.3) is 0 Å². The van der Waals surface area contributed by atoms with E-state index in [4.69, 9.17) is 31.1 Å². The SMILES string of the molecule is N=C(N)c1ccc(CNC(=O)[C@H](CCC(=O)NCCCOCCOCCOCCCN)NC(=O)C2(NS(=O)(=O)Cc3ccccc3)C[C@H]2C2CCCCC2)cc1. The zero-order chi connectivity index (χ0) is 40.2. The Morgan fingerprint density at radius 1 is 0.839 bits per heavy atom. The average molecular weight is 800 g/mol. The molecular weight excluding hydrogens is 739 g/mol. The second-order valence-electron chi connectivity index (χ2n) is 14.6. The van der Waals surface area contributed by atoms with Gasteiger partial charge in [0.1, 0.15) is 17.4 Å². The number of hydrogen-bond acceptors (Lipinski definition) is 10. The molecule has 0 heterocycles. The van der Waals surface area contributed by atoms with Crippen LogP contribution in [0, 0.1) is 17.2 Å². The van der Waals surface area contributed by atoms with Crippen molar-refractivity contribution in [2.75, 3.05) is 52.7 Å². The summed E-state index contributed by atoms with van der Waals surface area (Å²) in [5.41, 5.74) is 11.5. The van der Waals surface area contributed by atoms with Gasteiger partial charge in [-0.1, -0.05) is 86.7 Å². The van der Waals surface area contributed by atoms with Crippen molar-refractivity contribution in [3.8, 4) is 0 Å². The fraction of sp³-hybridized carbons (Fsp3) is 0.600. The molecule has 2 aliphatic rings. The van der Waals surface area contributed by atoms with E-state index in [0.29, 0.717) is 76.7 Å². The van der Waals surface area contributed by atoms with Gasteiger partial charge in [-0.2, -0.15) is 4.72 Å². The van der Waals surface area contributed by atoms with E-state index < -0.39 is 33.4 Å². The molecule has 4 rings (SSSR count). The van der Waals surface area contributed by atoms with Gasteiger partial charge in [0.05, 0.1) is 32.2 Å². The summed E-state index contributed by atoms with van der Waals surface area (Å²) < 4.78 is 46.3. The van der Waals surface area contributed by atoms with E-state index in [2.05, 4.69) is 20.7 Å². The van der Waals surface area contributed by atoms with Crippen LogP contribution in [0.4, 0.5) is 0 Å². The maximum Gasteiger partial charge on any atom is 0.242 e. The molecule has 0 bridgehead atoms. The van der Waals surface area contributed by atoms with Gasteiger partial charge in [-0.25, -0.2) is 8.42 Å². The second kappa shape index (κ2) is 23.3. The lowest BCUT2D eigenvalue weighted by molar-refractivity contribution is -0.131. The van der Waals surface area contributed by atoms with Crippen LogP contribution in [-0.4, -0.2) is 96.3 Å². The number of carbonyl (C=O) groups excluding carboxylic acids is 3. The van der Waals surface area contributed by atoms with Crippen LogP contribution < -0.4 is 32.1 Å². The molecule has 1 unspecified atom stereocenters. The molecule has 56 heavy (non-hydrogen) atoms. The standard InChI is InChI=1S/C40H61N7O8S/c41-19-7-21-53-23-25-55-26-24-54-22-8-20-44-36(48)18-17-35(38(49)45-28-30-13-15-33(16-14-30)37(42)43)46-39(50)40(27-34(40)32-11-5-2-6-12-32)47-56(51,52)29-31-9-3-1-4-10-31/h1,3-4,9-10,13-16,32,34-35,47H,2,5-8,11-12,17-29,41H2,(H3,42,43)(H,44,48)(H,45,49)(H,46,50)/t34-,35-,40?/m0/s1. The Balaban J connectivity index is 1.34. The Labute approximate surface area is 331 Å². The Hall–Kier alpha value is -3.93. The van der Waals surface area contributed by atoms with Crippen molar-refractivity contribution in [2.45, 2.75) is 88.1 Å². The fourth-order valence-corrected chi connectivity index (χ4v) is 8.67. The number of nitrogens with one attached hydrogen (secondary N) is 5. The first kappa shape index (κ1) is 44.8. The monoisotopic (exact) mass is 799 g/mol. The van der Waals surface area contributed by atoms with Crippen LogP contribution in [0.3, 0.4) is 0 Å². The fourth-order valence-electron chi connectivity index (χ4n) is 7.09. The highest BCUT2D eigenvalue weighted by atomic mass is 32.2. The van der Waals surface area contributed by atoms with Crippen LogP contribution in [0.2, 0.25) is 0 Å². The normalized spacial score (nSPS) is 18.8. The van der Waals surface area contributed by atoms with Gasteiger partial charge < -0.3 is 41.6 Å². The number of nitrogens with two attached hydrogens (primary N) is 2. The average Bonchev–Trinajstić information content (AvgIpc) is 3.92. The maximum atomic E-state index is 14.3. The third-order valence-electron chi connectivity index (χ3n) is 10.2. The summed E-state index contributed by atoms with van der Waals surface area (Å²) in [6.07, 6.45) is 6.66. The second-order valence-corrected chi connectivity index (χ2v) is 16.3. The third kappa shape index (κ3) is 15.2. The number of amidine groups is 1. The number of hydrogen-bond donors (Lipinski definition) is 7. The van der Waals surface area contributed by atoms with E-state index in [1.54, 1.807) is 48.5 Å². The highest BCUT2D eigenvalue weighted by Gasteiger charge is 2.64. The van der Waals surface area contributed by atoms with Gasteiger partial charge in [-0.3, -0.25) is 19.8 Å². The molecule has 2 saturated carbocycles. The van der Waals surface area contributed by atoms with Crippen molar-refractivity contribution >= 4 is 33.6 Å². The number of rotatable bonds is 27. The van der Waals surface area contributed by atoms with E-state index in [-0.39, 0.29) is 48.7 Å². The number of ether oxygens (including phenoxy) is 3. The van der Waals surface area contributed by atoms with Gasteiger partial charge >= 0.3 is 0 Å². The molecule has 3 atom stereocenters. The maximum absolute atomic E-state index is 14.3. The Morgan fingerprint density at radius 3 is 2.12 bits per heavy atom. The lowest BCUT2D eigenvalue weighted by atomic mass is 9.84. The number of carbonyl (C=O) groups is 3. The Morgan fingerprint density at radius 2 is 1.48 bits per heavy atom. The molecule has 0 saturated heterocycles. The van der Waals surface area contributed by atoms with E-state index in [1.807, 2.05) is 6.07 Å². The van der Waals surface area contributed by atoms with Crippen molar-refractivity contribution < 1.29 is 37.0 Å². The highest BCUT2D eigenvalue weighted by molar-refractivity contribution is 7.88. The van der Waals surface area contributed by atoms with Crippen molar-refractivity contribution in [1.29, 1.82) is 5.41 Å². The first-order valence-corrected chi connectivity index (χ1v) is 21.5. The molecule has 2 fully saturated rings. The number of amides is 3. The molecule has 310 valence electrons. The van der Waals surface area contributed by atoms with E-state index >= 15 is 0 Å². The Kier molecular flexibility index (Phi) is 18.7. The van der Waals surface area contributed by atoms with Gasteiger partial charge in [0.2, 0.25) is 27.7 Å². The number of benzene rings is 2. The van der Waals surface area contributed by atoms with Crippen LogP contribution in [0.1, 0.15) is 80.9 Å². The van der Waals surface area contributed by atoms with E-state index in [9.17, 15) is 22.8 Å². The van der Waals surface area contributed by atoms with E-state index in [0.717, 1.165) is 44.1 Å². The van der Waals surface area contributed by atoms with Gasteiger partial charge in [-0.05, 0) is 55.2 Å². The summed E-state index contributed by atoms with van der Waals surface area (Å²) >= 11 is 0. The van der Waals surface area contributed by atoms with Crippen LogP contribution in [0.15, 0.2) is 54.6 Å². The lowest BCUT2D eigenvalue weighted by Gasteiger charge is -2.27. The number of nitrogen functional groups attached to an aromatic ring is 1. The lowest BCUT2D eigenvalue weighted by Crippen LogP contribution is -2.56. The predicted molar refractivity (Wildman–Crippen MR) is 214 cm³/mol. The molecule has 0 aliphatic heterocycles. The van der Waals surface area contributed by atoms with Crippen LogP contribution in [-0.2, 0) is 50.9 Å². The van der Waals surface area contributed by atoms with Gasteiger partial charge in [0.15, 0.2) is 0 Å². The van der Waals surface area contributed by atoms with Crippen molar-refractivity contribution in [3.63, 3.8) is 0 Å². The smallest absolute Gasteiger partial charge is 0.242 e. The largest absolute Gasteiger partial charge is 0.384 e. The summed E-state index contributed by atoms with van der Waals surface area (Å²) in [4.78, 5) is 40.9. The zero-order valence-electron chi connectivity index (χ0n) is 32.4. The first-order chi connectivity index (χ1) is 27.0. The summed E-state index contributed by atoms with van der Waals surface area (Å²) in [7, 11) is -3.94. The zero-order valence-corrected chi connectivity index (χ0v) is 33.2. The van der Waals surface area contributed by atoms with E-state index in [1.165, 1.54) is 0 Å². The molecule has 2 aromatic rings. The summed E-state index contributed by atoms with van der Waals surface area (Å²) in [6, 6.07) is 14.5. The highest BCUT2D eigenvalue weighted by Crippen LogP contribution is 2.53. The molecule has 16 heteroatoms. The topological polar surface area (TPSA) is 237 Å². The summed E-state index contributed by atoms with van der Waals surface area (Å²) in [5, 5.41) is 16.2. The third-order valence-corrected chi connectivity index (χ3v) is 11.6. The first-order valence-electron chi connectivity index (χ1n) is 19.8. The molecule has 0 aromatic heterocycles. The van der Waals surface area contributed by atoms with Gasteiger partial charge in [-0.15, -0.1) is 0 Å². The summed E-state index contributed by atoms with van der Waals surface area (Å²) in [5.74, 6) is -1.72. The van der Waals surface area contributed by atoms with Crippen LogP contribution in [0.5, 0.6) is 0 Å². The molecule has 3 amide bonds. The van der Waals surface area contributed by atoms with Gasteiger partial charge in [0.25, 0.3) is 0 Å². The van der Waals surface area contributed by atoms with Gasteiger partial charge in [0, 0.05) is 38.3 Å². The molecular formula is C40H61N7O8S. The molecule has 9 N–H and O–H groups in total. The van der Waals surface area contributed by atoms with Crippen LogP contribution >= 0.6 is 0 Å². The number of sulfonamides is 1. The molecule has 2 aliphatic carbocycles. The summed E-state index contributed by atoms with van der Waals surface area (Å²) in [6.45, 7) is 3.96. The van der Waals surface area contributed by atoms with Crippen molar-refractivity contribution in [1.82, 2.24) is 20.7 Å². The minimum Gasteiger partial charge on any atom is -0.384 e.